The van der Waals surface area contributed by atoms with Gasteiger partial charge in [-0.15, -0.1) is 0 Å². The maximum Gasteiger partial charge on any atom is 0.0631 e. The summed E-state index contributed by atoms with van der Waals surface area (Å²) in [6, 6.07) is 38.2. The van der Waals surface area contributed by atoms with Crippen molar-refractivity contribution in [1.82, 2.24) is 0 Å². The number of aliphatic imine (C=N–C) groups is 1. The van der Waals surface area contributed by atoms with Crippen LogP contribution in [0.5, 0.6) is 0 Å². The average Bonchev–Trinajstić information content (AvgIpc) is 2.80. The number of anilines is 2. The average molecular weight is 391 g/mol. The molecule has 4 aromatic rings. The molecule has 2 nitrogen and oxygen atoms in total. The number of hydrogen-bond donors (Lipinski definition) is 0. The fourth-order valence-corrected chi connectivity index (χ4v) is 3.57. The number of para-hydroxylation sites is 1. The van der Waals surface area contributed by atoms with Gasteiger partial charge in [0.1, 0.15) is 0 Å². The lowest BCUT2D eigenvalue weighted by molar-refractivity contribution is 0.789. The van der Waals surface area contributed by atoms with E-state index < -0.39 is 0 Å². The van der Waals surface area contributed by atoms with E-state index in [0.29, 0.717) is 6.04 Å². The zero-order chi connectivity index (χ0) is 20.8. The summed E-state index contributed by atoms with van der Waals surface area (Å²) in [5.74, 6) is 0. The van der Waals surface area contributed by atoms with E-state index in [-0.39, 0.29) is 0 Å². The van der Waals surface area contributed by atoms with E-state index in [1.54, 1.807) is 0 Å². The van der Waals surface area contributed by atoms with E-state index >= 15 is 0 Å². The lowest BCUT2D eigenvalue weighted by Crippen LogP contribution is -2.25. The molecule has 30 heavy (non-hydrogen) atoms. The molecule has 0 amide bonds. The molecule has 2 heteroatoms. The molecule has 0 aliphatic heterocycles. The van der Waals surface area contributed by atoms with Gasteiger partial charge < -0.3 is 4.90 Å². The topological polar surface area (TPSA) is 15.6 Å². The van der Waals surface area contributed by atoms with E-state index in [0.717, 1.165) is 11.3 Å². The third-order valence-corrected chi connectivity index (χ3v) is 5.06. The summed E-state index contributed by atoms with van der Waals surface area (Å²) in [5, 5.41) is 0. The predicted octanol–water partition coefficient (Wildman–Crippen LogP) is 7.65. The van der Waals surface area contributed by atoms with Crippen LogP contribution in [0.25, 0.3) is 11.1 Å². The second-order valence-electron chi connectivity index (χ2n) is 7.56. The van der Waals surface area contributed by atoms with Gasteiger partial charge in [-0.2, -0.15) is 0 Å². The predicted molar refractivity (Wildman–Crippen MR) is 129 cm³/mol. The second kappa shape index (κ2) is 9.23. The molecular weight excluding hydrogens is 364 g/mol. The first-order chi connectivity index (χ1) is 14.7. The Morgan fingerprint density at radius 2 is 1.13 bits per heavy atom. The van der Waals surface area contributed by atoms with Crippen LogP contribution < -0.4 is 4.90 Å². The number of hydrogen-bond acceptors (Lipinski definition) is 2. The molecule has 0 fully saturated rings. The Labute approximate surface area is 179 Å². The van der Waals surface area contributed by atoms with Crippen LogP contribution in [0.2, 0.25) is 0 Å². The largest absolute Gasteiger partial charge is 0.339 e. The Morgan fingerprint density at radius 3 is 1.73 bits per heavy atom. The summed E-state index contributed by atoms with van der Waals surface area (Å²) in [6.45, 7) is 4.41. The third-order valence-electron chi connectivity index (χ3n) is 5.06. The highest BCUT2D eigenvalue weighted by Crippen LogP contribution is 2.29. The van der Waals surface area contributed by atoms with Gasteiger partial charge in [-0.05, 0) is 66.9 Å². The van der Waals surface area contributed by atoms with Gasteiger partial charge in [-0.1, -0.05) is 72.8 Å². The Bertz CT molecular complexity index is 1080. The van der Waals surface area contributed by atoms with Gasteiger partial charge in [0, 0.05) is 23.6 Å². The molecule has 0 unspecified atom stereocenters. The lowest BCUT2D eigenvalue weighted by Gasteiger charge is -2.29. The van der Waals surface area contributed by atoms with Crippen molar-refractivity contribution >= 4 is 23.3 Å². The highest BCUT2D eigenvalue weighted by atomic mass is 15.2. The van der Waals surface area contributed by atoms with Crippen molar-refractivity contribution in [3.05, 3.63) is 115 Å². The minimum Gasteiger partial charge on any atom is -0.339 e. The molecule has 0 radical (unpaired) electrons. The molecule has 0 atom stereocenters. The first kappa shape index (κ1) is 19.7. The van der Waals surface area contributed by atoms with Gasteiger partial charge in [-0.3, -0.25) is 4.99 Å². The minimum atomic E-state index is 0.366. The molecule has 4 rings (SSSR count). The van der Waals surface area contributed by atoms with Crippen LogP contribution >= 0.6 is 0 Å². The van der Waals surface area contributed by atoms with Crippen LogP contribution in [0.15, 0.2) is 114 Å². The molecule has 0 aromatic heterocycles. The lowest BCUT2D eigenvalue weighted by atomic mass is 10.0. The van der Waals surface area contributed by atoms with E-state index in [1.165, 1.54) is 22.5 Å². The Kier molecular flexibility index (Phi) is 6.05. The second-order valence-corrected chi connectivity index (χ2v) is 7.56. The van der Waals surface area contributed by atoms with Crippen molar-refractivity contribution in [3.8, 4) is 11.1 Å². The molecule has 4 aromatic carbocycles. The van der Waals surface area contributed by atoms with Crippen LogP contribution in [0.1, 0.15) is 19.4 Å². The molecule has 0 N–H and O–H groups in total. The molecule has 0 saturated heterocycles. The van der Waals surface area contributed by atoms with Crippen molar-refractivity contribution in [1.29, 1.82) is 0 Å². The van der Waals surface area contributed by atoms with Gasteiger partial charge in [0.15, 0.2) is 0 Å². The zero-order valence-electron chi connectivity index (χ0n) is 17.4. The number of benzene rings is 4. The Hall–Kier alpha value is -3.65. The first-order valence-corrected chi connectivity index (χ1v) is 10.3. The highest BCUT2D eigenvalue weighted by Gasteiger charge is 2.12. The van der Waals surface area contributed by atoms with E-state index in [2.05, 4.69) is 121 Å². The van der Waals surface area contributed by atoms with Crippen molar-refractivity contribution in [2.24, 2.45) is 4.99 Å². The van der Waals surface area contributed by atoms with Gasteiger partial charge >= 0.3 is 0 Å². The molecule has 0 spiro atoms. The quantitative estimate of drug-likeness (QED) is 0.309. The molecule has 0 aliphatic rings. The van der Waals surface area contributed by atoms with Gasteiger partial charge in [-0.25, -0.2) is 0 Å². The molecule has 0 aliphatic carbocycles. The summed E-state index contributed by atoms with van der Waals surface area (Å²) in [5.41, 5.74) is 6.84. The van der Waals surface area contributed by atoms with Crippen molar-refractivity contribution < 1.29 is 0 Å². The highest BCUT2D eigenvalue weighted by molar-refractivity contribution is 5.83. The monoisotopic (exact) mass is 390 g/mol. The number of rotatable bonds is 6. The van der Waals surface area contributed by atoms with Crippen molar-refractivity contribution in [3.63, 3.8) is 0 Å². The summed E-state index contributed by atoms with van der Waals surface area (Å²) in [4.78, 5) is 6.98. The fourth-order valence-electron chi connectivity index (χ4n) is 3.57. The SMILES string of the molecule is CC(C)N(c1ccccc1)c1ccc(N=Cc2ccc(-c3ccccc3)cc2)cc1. The fraction of sp³-hybridized carbons (Fsp3) is 0.107. The third kappa shape index (κ3) is 4.66. The van der Waals surface area contributed by atoms with Crippen LogP contribution in [0.4, 0.5) is 17.1 Å². The van der Waals surface area contributed by atoms with Crippen LogP contribution in [-0.4, -0.2) is 12.3 Å². The van der Waals surface area contributed by atoms with Gasteiger partial charge in [0.05, 0.1) is 5.69 Å². The summed E-state index contributed by atoms with van der Waals surface area (Å²) in [7, 11) is 0. The first-order valence-electron chi connectivity index (χ1n) is 10.3. The zero-order valence-corrected chi connectivity index (χ0v) is 17.4. The minimum absolute atomic E-state index is 0.366. The smallest absolute Gasteiger partial charge is 0.0631 e. The Morgan fingerprint density at radius 1 is 0.600 bits per heavy atom. The van der Waals surface area contributed by atoms with Crippen LogP contribution in [0.3, 0.4) is 0 Å². The van der Waals surface area contributed by atoms with Gasteiger partial charge in [0.25, 0.3) is 0 Å². The maximum atomic E-state index is 4.65. The van der Waals surface area contributed by atoms with E-state index in [4.69, 9.17) is 0 Å². The molecular formula is C28H26N2. The maximum absolute atomic E-state index is 4.65. The van der Waals surface area contributed by atoms with E-state index in [1.807, 2.05) is 18.3 Å². The normalized spacial score (nSPS) is 11.2. The summed E-state index contributed by atoms with van der Waals surface area (Å²) < 4.78 is 0. The molecule has 148 valence electrons. The standard InChI is InChI=1S/C28H26N2/c1-22(2)30(27-11-7-4-8-12-27)28-19-17-26(18-20-28)29-21-23-13-15-25(16-14-23)24-9-5-3-6-10-24/h3-22H,1-2H3. The summed E-state index contributed by atoms with van der Waals surface area (Å²) in [6.07, 6.45) is 1.92. The van der Waals surface area contributed by atoms with Crippen molar-refractivity contribution in [2.45, 2.75) is 19.9 Å². The molecule has 0 heterocycles. The van der Waals surface area contributed by atoms with Crippen LogP contribution in [-0.2, 0) is 0 Å². The molecule has 0 saturated carbocycles. The Balaban J connectivity index is 1.48. The van der Waals surface area contributed by atoms with E-state index in [9.17, 15) is 0 Å². The van der Waals surface area contributed by atoms with Crippen LogP contribution in [0, 0.1) is 0 Å². The van der Waals surface area contributed by atoms with Gasteiger partial charge in [0.2, 0.25) is 0 Å². The molecule has 0 bridgehead atoms. The summed E-state index contributed by atoms with van der Waals surface area (Å²) >= 11 is 0. The van der Waals surface area contributed by atoms with Crippen molar-refractivity contribution in [2.75, 3.05) is 4.90 Å². The number of nitrogens with zero attached hydrogens (tertiary/aromatic N) is 2.